The van der Waals surface area contributed by atoms with E-state index in [4.69, 9.17) is 5.11 Å². The summed E-state index contributed by atoms with van der Waals surface area (Å²) in [5.41, 5.74) is 1.09. The summed E-state index contributed by atoms with van der Waals surface area (Å²) < 4.78 is 0. The lowest BCUT2D eigenvalue weighted by Gasteiger charge is -2.12. The Balaban J connectivity index is 2.17. The molecule has 8 heteroatoms. The minimum absolute atomic E-state index is 0.0346. The number of aromatic nitrogens is 4. The van der Waals surface area contributed by atoms with Crippen molar-refractivity contribution in [3.63, 3.8) is 0 Å². The van der Waals surface area contributed by atoms with E-state index in [0.29, 0.717) is 17.1 Å². The van der Waals surface area contributed by atoms with Crippen LogP contribution in [0.2, 0.25) is 0 Å². The topological polar surface area (TPSA) is 127 Å². The Bertz CT molecular complexity index is 502. The number of phenols is 1. The van der Waals surface area contributed by atoms with E-state index in [1.807, 2.05) is 0 Å². The van der Waals surface area contributed by atoms with E-state index in [2.05, 4.69) is 25.9 Å². The molecular formula is C10H13N5O3. The molecule has 5 N–H and O–H groups in total. The Morgan fingerprint density at radius 1 is 1.39 bits per heavy atom. The van der Waals surface area contributed by atoms with Gasteiger partial charge in [-0.25, -0.2) is 0 Å². The van der Waals surface area contributed by atoms with Crippen molar-refractivity contribution in [1.82, 2.24) is 20.6 Å². The van der Waals surface area contributed by atoms with Gasteiger partial charge in [0.1, 0.15) is 5.75 Å². The maximum Gasteiger partial charge on any atom is 0.204 e. The summed E-state index contributed by atoms with van der Waals surface area (Å²) in [5, 5.41) is 43.8. The van der Waals surface area contributed by atoms with Gasteiger partial charge in [0.05, 0.1) is 18.4 Å². The van der Waals surface area contributed by atoms with E-state index < -0.39 is 6.10 Å². The van der Waals surface area contributed by atoms with E-state index in [9.17, 15) is 10.2 Å². The number of aliphatic hydroxyl groups is 2. The Labute approximate surface area is 102 Å². The van der Waals surface area contributed by atoms with E-state index in [1.54, 1.807) is 12.1 Å². The van der Waals surface area contributed by atoms with Crippen LogP contribution in [-0.4, -0.2) is 55.2 Å². The number of H-pyrrole nitrogens is 1. The molecule has 0 saturated heterocycles. The van der Waals surface area contributed by atoms with Crippen LogP contribution >= 0.6 is 0 Å². The van der Waals surface area contributed by atoms with Crippen LogP contribution < -0.4 is 5.32 Å². The molecule has 1 aromatic carbocycles. The molecule has 8 nitrogen and oxygen atoms in total. The monoisotopic (exact) mass is 251 g/mol. The number of benzene rings is 1. The highest BCUT2D eigenvalue weighted by Gasteiger charge is 2.09. The number of tetrazole rings is 1. The number of aliphatic hydroxyl groups excluding tert-OH is 2. The van der Waals surface area contributed by atoms with Gasteiger partial charge in [0.25, 0.3) is 0 Å². The van der Waals surface area contributed by atoms with Crippen LogP contribution in [-0.2, 0) is 0 Å². The number of phenolic OH excluding ortho intramolecular Hbond substituents is 1. The van der Waals surface area contributed by atoms with Crippen molar-refractivity contribution < 1.29 is 15.3 Å². The van der Waals surface area contributed by atoms with Gasteiger partial charge in [0, 0.05) is 12.1 Å². The van der Waals surface area contributed by atoms with Gasteiger partial charge in [0.15, 0.2) is 0 Å². The van der Waals surface area contributed by atoms with E-state index in [-0.39, 0.29) is 18.9 Å². The summed E-state index contributed by atoms with van der Waals surface area (Å²) in [4.78, 5) is 0. The van der Waals surface area contributed by atoms with Crippen LogP contribution in [0.15, 0.2) is 18.2 Å². The van der Waals surface area contributed by atoms with Crippen LogP contribution in [0.5, 0.6) is 5.75 Å². The number of anilines is 1. The third kappa shape index (κ3) is 2.73. The van der Waals surface area contributed by atoms with Gasteiger partial charge in [-0.15, -0.1) is 10.2 Å². The van der Waals surface area contributed by atoms with Crippen molar-refractivity contribution in [2.45, 2.75) is 6.10 Å². The first-order valence-corrected chi connectivity index (χ1v) is 5.30. The van der Waals surface area contributed by atoms with Crippen molar-refractivity contribution in [3.05, 3.63) is 18.2 Å². The van der Waals surface area contributed by atoms with Gasteiger partial charge in [-0.2, -0.15) is 5.21 Å². The highest BCUT2D eigenvalue weighted by Crippen LogP contribution is 2.27. The molecule has 0 aliphatic heterocycles. The van der Waals surface area contributed by atoms with Crippen molar-refractivity contribution in [1.29, 1.82) is 0 Å². The first kappa shape index (κ1) is 12.3. The third-order valence-corrected chi connectivity index (χ3v) is 2.34. The molecule has 2 rings (SSSR count). The Morgan fingerprint density at radius 2 is 2.22 bits per heavy atom. The lowest BCUT2D eigenvalue weighted by atomic mass is 10.1. The molecule has 18 heavy (non-hydrogen) atoms. The first-order chi connectivity index (χ1) is 8.70. The number of hydrogen-bond acceptors (Lipinski definition) is 7. The van der Waals surface area contributed by atoms with E-state index in [1.165, 1.54) is 6.07 Å². The van der Waals surface area contributed by atoms with Crippen molar-refractivity contribution in [3.8, 4) is 17.1 Å². The molecular weight excluding hydrogens is 238 g/mol. The zero-order chi connectivity index (χ0) is 13.0. The molecule has 0 amide bonds. The molecule has 96 valence electrons. The van der Waals surface area contributed by atoms with Crippen molar-refractivity contribution in [2.75, 3.05) is 18.5 Å². The Hall–Kier alpha value is -2.19. The number of aromatic hydroxyl groups is 1. The van der Waals surface area contributed by atoms with Gasteiger partial charge < -0.3 is 20.6 Å². The molecule has 1 unspecified atom stereocenters. The standard InChI is InChI=1S/C10H13N5O3/c16-5-7(17)4-11-8-3-6(1-2-9(8)18)10-12-14-15-13-10/h1-3,7,11,16-18H,4-5H2,(H,12,13,14,15). The van der Waals surface area contributed by atoms with Crippen LogP contribution in [0.4, 0.5) is 5.69 Å². The Kier molecular flexibility index (Phi) is 3.70. The van der Waals surface area contributed by atoms with Crippen LogP contribution in [0.25, 0.3) is 11.4 Å². The van der Waals surface area contributed by atoms with Gasteiger partial charge in [-0.05, 0) is 23.4 Å². The number of hydrogen-bond donors (Lipinski definition) is 5. The minimum Gasteiger partial charge on any atom is -0.506 e. The van der Waals surface area contributed by atoms with Crippen LogP contribution in [0.1, 0.15) is 0 Å². The molecule has 2 aromatic rings. The second kappa shape index (κ2) is 5.43. The molecule has 0 fully saturated rings. The van der Waals surface area contributed by atoms with Gasteiger partial charge in [-0.3, -0.25) is 0 Å². The molecule has 1 heterocycles. The second-order valence-corrected chi connectivity index (χ2v) is 3.68. The van der Waals surface area contributed by atoms with Gasteiger partial charge in [0.2, 0.25) is 5.82 Å². The largest absolute Gasteiger partial charge is 0.506 e. The third-order valence-electron chi connectivity index (χ3n) is 2.34. The average molecular weight is 251 g/mol. The van der Waals surface area contributed by atoms with Gasteiger partial charge in [-0.1, -0.05) is 0 Å². The van der Waals surface area contributed by atoms with Gasteiger partial charge >= 0.3 is 0 Å². The molecule has 1 atom stereocenters. The number of nitrogens with zero attached hydrogens (tertiary/aromatic N) is 3. The number of rotatable bonds is 5. The fraction of sp³-hybridized carbons (Fsp3) is 0.300. The van der Waals surface area contributed by atoms with Crippen molar-refractivity contribution in [2.24, 2.45) is 0 Å². The summed E-state index contributed by atoms with van der Waals surface area (Å²) in [6.45, 7) is -0.224. The normalized spacial score (nSPS) is 12.3. The maximum atomic E-state index is 9.65. The van der Waals surface area contributed by atoms with Crippen LogP contribution in [0.3, 0.4) is 0 Å². The molecule has 0 spiro atoms. The molecule has 0 radical (unpaired) electrons. The van der Waals surface area contributed by atoms with Crippen LogP contribution in [0, 0.1) is 0 Å². The van der Waals surface area contributed by atoms with E-state index >= 15 is 0 Å². The zero-order valence-electron chi connectivity index (χ0n) is 9.41. The minimum atomic E-state index is -0.891. The lowest BCUT2D eigenvalue weighted by Crippen LogP contribution is -2.22. The SMILES string of the molecule is OCC(O)CNc1cc(-c2nn[nH]n2)ccc1O. The smallest absolute Gasteiger partial charge is 0.204 e. The molecule has 0 bridgehead atoms. The quantitative estimate of drug-likeness (QED) is 0.446. The summed E-state index contributed by atoms with van der Waals surface area (Å²) >= 11 is 0. The highest BCUT2D eigenvalue weighted by atomic mass is 16.3. The van der Waals surface area contributed by atoms with Crippen molar-refractivity contribution >= 4 is 5.69 Å². The summed E-state index contributed by atoms with van der Waals surface area (Å²) in [6, 6.07) is 4.76. The predicted octanol–water partition coefficient (Wildman–Crippen LogP) is -0.663. The Morgan fingerprint density at radius 3 is 2.89 bits per heavy atom. The maximum absolute atomic E-state index is 9.65. The molecule has 0 saturated carbocycles. The second-order valence-electron chi connectivity index (χ2n) is 3.68. The van der Waals surface area contributed by atoms with E-state index in [0.717, 1.165) is 0 Å². The molecule has 0 aliphatic carbocycles. The number of nitrogens with one attached hydrogen (secondary N) is 2. The zero-order valence-corrected chi connectivity index (χ0v) is 9.41. The fourth-order valence-electron chi connectivity index (χ4n) is 1.39. The average Bonchev–Trinajstić information content (AvgIpc) is 2.91. The lowest BCUT2D eigenvalue weighted by molar-refractivity contribution is 0.105. The summed E-state index contributed by atoms with van der Waals surface area (Å²) in [7, 11) is 0. The summed E-state index contributed by atoms with van der Waals surface area (Å²) in [5.74, 6) is 0.438. The first-order valence-electron chi connectivity index (χ1n) is 5.30. The summed E-state index contributed by atoms with van der Waals surface area (Å²) in [6.07, 6.45) is -0.891. The molecule has 1 aromatic heterocycles. The number of aromatic amines is 1. The predicted molar refractivity (Wildman–Crippen MR) is 62.9 cm³/mol. The fourth-order valence-corrected chi connectivity index (χ4v) is 1.39. The highest BCUT2D eigenvalue weighted by molar-refractivity contribution is 5.67. The molecule has 0 aliphatic rings.